The third-order valence-electron chi connectivity index (χ3n) is 4.33. The average Bonchev–Trinajstić information content (AvgIpc) is 2.48. The largest absolute Gasteiger partial charge is 0.306 e. The maximum absolute atomic E-state index is 6.33. The molecule has 1 heterocycles. The van der Waals surface area contributed by atoms with Crippen LogP contribution in [0.5, 0.6) is 0 Å². The van der Waals surface area contributed by atoms with Gasteiger partial charge in [-0.1, -0.05) is 53.5 Å². The van der Waals surface area contributed by atoms with Gasteiger partial charge < -0.3 is 4.90 Å². The molecule has 0 aromatic heterocycles. The Morgan fingerprint density at radius 3 is 2.24 bits per heavy atom. The molecule has 2 aromatic carbocycles. The van der Waals surface area contributed by atoms with Gasteiger partial charge in [-0.3, -0.25) is 0 Å². The van der Waals surface area contributed by atoms with E-state index >= 15 is 0 Å². The van der Waals surface area contributed by atoms with E-state index in [0.29, 0.717) is 16.0 Å². The smallest absolute Gasteiger partial charge is 0.0499 e. The van der Waals surface area contributed by atoms with Crippen LogP contribution in [0, 0.1) is 0 Å². The molecule has 0 N–H and O–H groups in total. The van der Waals surface area contributed by atoms with E-state index in [9.17, 15) is 0 Å². The van der Waals surface area contributed by atoms with Crippen LogP contribution in [0.3, 0.4) is 0 Å². The van der Waals surface area contributed by atoms with E-state index in [1.807, 2.05) is 18.2 Å². The van der Waals surface area contributed by atoms with Gasteiger partial charge in [-0.2, -0.15) is 0 Å². The van der Waals surface area contributed by atoms with Crippen molar-refractivity contribution in [2.24, 2.45) is 0 Å². The fourth-order valence-corrected chi connectivity index (χ4v) is 3.68. The van der Waals surface area contributed by atoms with Crippen LogP contribution in [0.4, 0.5) is 0 Å². The van der Waals surface area contributed by atoms with Gasteiger partial charge in [0.2, 0.25) is 0 Å². The van der Waals surface area contributed by atoms with Gasteiger partial charge in [0.1, 0.15) is 0 Å². The standard InChI is InChI=1S/C18H19Cl2N/c1-21-10-8-13(9-11-21)14-4-2-5-15(12-14)18-16(19)6-3-7-17(18)20/h2-7,12-13H,8-11H2,1H3. The normalized spacial score (nSPS) is 17.1. The van der Waals surface area contributed by atoms with Crippen molar-refractivity contribution in [1.29, 1.82) is 0 Å². The van der Waals surface area contributed by atoms with Crippen molar-refractivity contribution < 1.29 is 0 Å². The quantitative estimate of drug-likeness (QED) is 0.709. The first-order valence-corrected chi connectivity index (χ1v) is 8.13. The molecule has 110 valence electrons. The number of halogens is 2. The van der Waals surface area contributed by atoms with Crippen LogP contribution in [0.2, 0.25) is 10.0 Å². The zero-order valence-corrected chi connectivity index (χ0v) is 13.7. The van der Waals surface area contributed by atoms with Crippen molar-refractivity contribution in [1.82, 2.24) is 4.90 Å². The van der Waals surface area contributed by atoms with Crippen LogP contribution in [0.15, 0.2) is 42.5 Å². The molecule has 0 unspecified atom stereocenters. The predicted molar refractivity (Wildman–Crippen MR) is 91.4 cm³/mol. The SMILES string of the molecule is CN1CCC(c2cccc(-c3c(Cl)cccc3Cl)c2)CC1. The Kier molecular flexibility index (Phi) is 4.54. The van der Waals surface area contributed by atoms with E-state index in [1.165, 1.54) is 31.5 Å². The number of likely N-dealkylation sites (tertiary alicyclic amines) is 1. The molecule has 3 heteroatoms. The highest BCUT2D eigenvalue weighted by atomic mass is 35.5. The summed E-state index contributed by atoms with van der Waals surface area (Å²) in [6.45, 7) is 2.34. The molecule has 1 saturated heterocycles. The molecule has 2 aromatic rings. The Bertz CT molecular complexity index is 611. The lowest BCUT2D eigenvalue weighted by Crippen LogP contribution is -2.29. The van der Waals surface area contributed by atoms with Crippen LogP contribution in [0.25, 0.3) is 11.1 Å². The van der Waals surface area contributed by atoms with Crippen LogP contribution in [-0.2, 0) is 0 Å². The number of nitrogens with zero attached hydrogens (tertiary/aromatic N) is 1. The summed E-state index contributed by atoms with van der Waals surface area (Å²) in [6, 6.07) is 14.4. The highest BCUT2D eigenvalue weighted by molar-refractivity contribution is 6.39. The van der Waals surface area contributed by atoms with Crippen molar-refractivity contribution in [3.8, 4) is 11.1 Å². The fourth-order valence-electron chi connectivity index (χ4n) is 3.06. The maximum atomic E-state index is 6.33. The van der Waals surface area contributed by atoms with Crippen LogP contribution < -0.4 is 0 Å². The lowest BCUT2D eigenvalue weighted by Gasteiger charge is -2.29. The summed E-state index contributed by atoms with van der Waals surface area (Å²) in [5.41, 5.74) is 3.45. The topological polar surface area (TPSA) is 3.24 Å². The molecule has 0 aliphatic carbocycles. The van der Waals surface area contributed by atoms with Crippen molar-refractivity contribution >= 4 is 23.2 Å². The molecule has 0 amide bonds. The average molecular weight is 320 g/mol. The molecule has 3 rings (SSSR count). The van der Waals surface area contributed by atoms with Crippen molar-refractivity contribution in [2.45, 2.75) is 18.8 Å². The fraction of sp³-hybridized carbons (Fsp3) is 0.333. The summed E-state index contributed by atoms with van der Waals surface area (Å²) in [4.78, 5) is 2.39. The number of rotatable bonds is 2. The first-order chi connectivity index (χ1) is 10.1. The Morgan fingerprint density at radius 1 is 0.952 bits per heavy atom. The monoisotopic (exact) mass is 319 g/mol. The molecular formula is C18H19Cl2N. The highest BCUT2D eigenvalue weighted by Crippen LogP contribution is 2.37. The van der Waals surface area contributed by atoms with E-state index < -0.39 is 0 Å². The summed E-state index contributed by atoms with van der Waals surface area (Å²) >= 11 is 12.7. The molecule has 0 atom stereocenters. The second kappa shape index (κ2) is 6.39. The second-order valence-electron chi connectivity index (χ2n) is 5.80. The minimum absolute atomic E-state index is 0.641. The Balaban J connectivity index is 1.93. The number of benzene rings is 2. The minimum Gasteiger partial charge on any atom is -0.306 e. The first-order valence-electron chi connectivity index (χ1n) is 7.38. The molecule has 0 radical (unpaired) electrons. The lowest BCUT2D eigenvalue weighted by atomic mass is 9.88. The van der Waals surface area contributed by atoms with Gasteiger partial charge in [0.05, 0.1) is 0 Å². The molecule has 1 fully saturated rings. The first kappa shape index (κ1) is 14.9. The third kappa shape index (κ3) is 3.26. The van der Waals surface area contributed by atoms with Gasteiger partial charge in [-0.05, 0) is 62.2 Å². The van der Waals surface area contributed by atoms with Gasteiger partial charge in [0.25, 0.3) is 0 Å². The van der Waals surface area contributed by atoms with Crippen molar-refractivity contribution in [2.75, 3.05) is 20.1 Å². The van der Waals surface area contributed by atoms with Crippen molar-refractivity contribution in [3.63, 3.8) is 0 Å². The molecule has 0 spiro atoms. The molecule has 21 heavy (non-hydrogen) atoms. The molecule has 0 saturated carbocycles. The van der Waals surface area contributed by atoms with Crippen molar-refractivity contribution in [3.05, 3.63) is 58.1 Å². The number of piperidine rings is 1. The van der Waals surface area contributed by atoms with Gasteiger partial charge in [0, 0.05) is 15.6 Å². The lowest BCUT2D eigenvalue weighted by molar-refractivity contribution is 0.255. The number of hydrogen-bond acceptors (Lipinski definition) is 1. The van der Waals surface area contributed by atoms with E-state index in [4.69, 9.17) is 23.2 Å². The minimum atomic E-state index is 0.641. The molecule has 1 nitrogen and oxygen atoms in total. The molecule has 0 bridgehead atoms. The Labute approximate surface area is 136 Å². The molecule has 1 aliphatic rings. The summed E-state index contributed by atoms with van der Waals surface area (Å²) in [6.07, 6.45) is 2.44. The Morgan fingerprint density at radius 2 is 1.57 bits per heavy atom. The third-order valence-corrected chi connectivity index (χ3v) is 4.96. The van der Waals surface area contributed by atoms with Gasteiger partial charge in [0.15, 0.2) is 0 Å². The summed E-state index contributed by atoms with van der Waals surface area (Å²) in [5.74, 6) is 0.641. The molecular weight excluding hydrogens is 301 g/mol. The van der Waals surface area contributed by atoms with E-state index in [-0.39, 0.29) is 0 Å². The van der Waals surface area contributed by atoms with Crippen LogP contribution in [-0.4, -0.2) is 25.0 Å². The van der Waals surface area contributed by atoms with E-state index in [0.717, 1.165) is 11.1 Å². The second-order valence-corrected chi connectivity index (χ2v) is 6.61. The van der Waals surface area contributed by atoms with E-state index in [1.54, 1.807) is 0 Å². The number of hydrogen-bond donors (Lipinski definition) is 0. The highest BCUT2D eigenvalue weighted by Gasteiger charge is 2.19. The Hall–Kier alpha value is -1.02. The van der Waals surface area contributed by atoms with E-state index in [2.05, 4.69) is 36.2 Å². The maximum Gasteiger partial charge on any atom is 0.0499 e. The summed E-state index contributed by atoms with van der Waals surface area (Å²) < 4.78 is 0. The van der Waals surface area contributed by atoms with Gasteiger partial charge in [-0.15, -0.1) is 0 Å². The van der Waals surface area contributed by atoms with Crippen LogP contribution in [0.1, 0.15) is 24.3 Å². The predicted octanol–water partition coefficient (Wildman–Crippen LogP) is 5.47. The van der Waals surface area contributed by atoms with Gasteiger partial charge in [-0.25, -0.2) is 0 Å². The summed E-state index contributed by atoms with van der Waals surface area (Å²) in [7, 11) is 2.19. The zero-order chi connectivity index (χ0) is 14.8. The van der Waals surface area contributed by atoms with Gasteiger partial charge >= 0.3 is 0 Å². The molecule has 1 aliphatic heterocycles. The zero-order valence-electron chi connectivity index (χ0n) is 12.2. The summed E-state index contributed by atoms with van der Waals surface area (Å²) in [5, 5.41) is 1.42. The van der Waals surface area contributed by atoms with Crippen LogP contribution >= 0.6 is 23.2 Å².